The van der Waals surface area contributed by atoms with Crippen molar-refractivity contribution >= 4 is 0 Å². The third-order valence-electron chi connectivity index (χ3n) is 3.26. The maximum Gasteiger partial charge on any atom is 0.140 e. The third kappa shape index (κ3) is 3.14. The summed E-state index contributed by atoms with van der Waals surface area (Å²) >= 11 is 0. The van der Waals surface area contributed by atoms with Crippen molar-refractivity contribution in [2.45, 2.75) is 12.8 Å². The van der Waals surface area contributed by atoms with Gasteiger partial charge in [-0.3, -0.25) is 0 Å². The van der Waals surface area contributed by atoms with E-state index in [1.165, 1.54) is 6.42 Å². The van der Waals surface area contributed by atoms with Crippen molar-refractivity contribution in [1.29, 1.82) is 5.26 Å². The number of benzene rings is 1. The Morgan fingerprint density at radius 2 is 2.39 bits per heavy atom. The van der Waals surface area contributed by atoms with E-state index in [1.807, 2.05) is 0 Å². The first-order chi connectivity index (χ1) is 8.83. The lowest BCUT2D eigenvalue weighted by atomic mass is 10.1. The summed E-state index contributed by atoms with van der Waals surface area (Å²) in [6.07, 6.45) is 2.24. The van der Waals surface area contributed by atoms with Gasteiger partial charge in [-0.05, 0) is 44.0 Å². The summed E-state index contributed by atoms with van der Waals surface area (Å²) in [7, 11) is 1.61. The zero-order valence-corrected chi connectivity index (χ0v) is 10.6. The summed E-state index contributed by atoms with van der Waals surface area (Å²) in [5.41, 5.74) is 0.556. The first-order valence-electron chi connectivity index (χ1n) is 6.25. The van der Waals surface area contributed by atoms with E-state index in [0.29, 0.717) is 29.6 Å². The number of rotatable bonds is 5. The van der Waals surface area contributed by atoms with Crippen LogP contribution in [0.15, 0.2) is 18.2 Å². The Bertz CT molecular complexity index is 434. The summed E-state index contributed by atoms with van der Waals surface area (Å²) in [5, 5.41) is 12.3. The largest absolute Gasteiger partial charge is 0.497 e. The zero-order valence-electron chi connectivity index (χ0n) is 10.6. The van der Waals surface area contributed by atoms with Gasteiger partial charge in [-0.2, -0.15) is 5.26 Å². The molecule has 1 fully saturated rings. The molecule has 4 heteroatoms. The molecule has 1 aromatic rings. The van der Waals surface area contributed by atoms with Crippen LogP contribution in [-0.4, -0.2) is 26.8 Å². The van der Waals surface area contributed by atoms with E-state index < -0.39 is 0 Å². The molecular formula is C14H18N2O2. The molecule has 0 aliphatic carbocycles. The van der Waals surface area contributed by atoms with Crippen molar-refractivity contribution in [3.8, 4) is 17.6 Å². The molecule has 0 bridgehead atoms. The van der Waals surface area contributed by atoms with Crippen LogP contribution in [0.3, 0.4) is 0 Å². The van der Waals surface area contributed by atoms with Crippen LogP contribution in [0.25, 0.3) is 0 Å². The summed E-state index contributed by atoms with van der Waals surface area (Å²) in [6, 6.07) is 7.40. The molecule has 1 saturated heterocycles. The zero-order chi connectivity index (χ0) is 12.8. The van der Waals surface area contributed by atoms with Crippen molar-refractivity contribution in [3.63, 3.8) is 0 Å². The molecule has 0 aromatic heterocycles. The molecule has 0 amide bonds. The summed E-state index contributed by atoms with van der Waals surface area (Å²) in [6.45, 7) is 2.83. The predicted octanol–water partition coefficient (Wildman–Crippen LogP) is 1.95. The van der Waals surface area contributed by atoms with Crippen molar-refractivity contribution in [1.82, 2.24) is 5.32 Å². The third-order valence-corrected chi connectivity index (χ3v) is 3.26. The van der Waals surface area contributed by atoms with Crippen molar-refractivity contribution in [2.24, 2.45) is 5.92 Å². The second-order valence-corrected chi connectivity index (χ2v) is 4.47. The molecule has 2 rings (SSSR count). The van der Waals surface area contributed by atoms with Gasteiger partial charge in [0.1, 0.15) is 17.6 Å². The summed E-state index contributed by atoms with van der Waals surface area (Å²) in [5.74, 6) is 2.02. The minimum Gasteiger partial charge on any atom is -0.497 e. The Balaban J connectivity index is 1.92. The van der Waals surface area contributed by atoms with Gasteiger partial charge < -0.3 is 14.8 Å². The highest BCUT2D eigenvalue weighted by atomic mass is 16.5. The molecule has 1 heterocycles. The Morgan fingerprint density at radius 1 is 1.50 bits per heavy atom. The van der Waals surface area contributed by atoms with E-state index in [4.69, 9.17) is 14.7 Å². The highest BCUT2D eigenvalue weighted by Crippen LogP contribution is 2.24. The van der Waals surface area contributed by atoms with Gasteiger partial charge in [0.05, 0.1) is 19.3 Å². The number of hydrogen-bond donors (Lipinski definition) is 1. The standard InChI is InChI=1S/C14H18N2O2/c1-17-13-3-2-12(9-15)14(8-13)18-7-5-11-4-6-16-10-11/h2-3,8,11,16H,4-7,10H2,1H3. The Morgan fingerprint density at radius 3 is 3.06 bits per heavy atom. The highest BCUT2D eigenvalue weighted by Gasteiger charge is 2.14. The van der Waals surface area contributed by atoms with Crippen LogP contribution < -0.4 is 14.8 Å². The van der Waals surface area contributed by atoms with E-state index in [-0.39, 0.29) is 0 Å². The van der Waals surface area contributed by atoms with Crippen LogP contribution in [-0.2, 0) is 0 Å². The fraction of sp³-hybridized carbons (Fsp3) is 0.500. The molecule has 1 unspecified atom stereocenters. The van der Waals surface area contributed by atoms with Crippen LogP contribution >= 0.6 is 0 Å². The summed E-state index contributed by atoms with van der Waals surface area (Å²) in [4.78, 5) is 0. The monoisotopic (exact) mass is 246 g/mol. The van der Waals surface area contributed by atoms with Crippen LogP contribution in [0.4, 0.5) is 0 Å². The maximum atomic E-state index is 9.01. The van der Waals surface area contributed by atoms with Gasteiger partial charge in [-0.15, -0.1) is 0 Å². The van der Waals surface area contributed by atoms with Crippen LogP contribution in [0.2, 0.25) is 0 Å². The molecule has 1 aromatic carbocycles. The molecule has 18 heavy (non-hydrogen) atoms. The highest BCUT2D eigenvalue weighted by molar-refractivity contribution is 5.47. The fourth-order valence-corrected chi connectivity index (χ4v) is 2.14. The number of methoxy groups -OCH3 is 1. The molecule has 1 N–H and O–H groups in total. The second kappa shape index (κ2) is 6.27. The van der Waals surface area contributed by atoms with E-state index in [0.717, 1.165) is 19.5 Å². The molecule has 0 spiro atoms. The topological polar surface area (TPSA) is 54.3 Å². The molecule has 96 valence electrons. The second-order valence-electron chi connectivity index (χ2n) is 4.47. The Hall–Kier alpha value is -1.73. The smallest absolute Gasteiger partial charge is 0.140 e. The van der Waals surface area contributed by atoms with E-state index in [2.05, 4.69) is 11.4 Å². The van der Waals surface area contributed by atoms with Crippen LogP contribution in [0.1, 0.15) is 18.4 Å². The number of nitrogens with zero attached hydrogens (tertiary/aromatic N) is 1. The van der Waals surface area contributed by atoms with Gasteiger partial charge in [-0.25, -0.2) is 0 Å². The van der Waals surface area contributed by atoms with Gasteiger partial charge >= 0.3 is 0 Å². The van der Waals surface area contributed by atoms with Gasteiger partial charge in [0.2, 0.25) is 0 Å². The average molecular weight is 246 g/mol. The van der Waals surface area contributed by atoms with Gasteiger partial charge in [-0.1, -0.05) is 0 Å². The summed E-state index contributed by atoms with van der Waals surface area (Å²) < 4.78 is 10.8. The lowest BCUT2D eigenvalue weighted by Gasteiger charge is -2.11. The minimum atomic E-state index is 0.556. The molecule has 0 saturated carbocycles. The predicted molar refractivity (Wildman–Crippen MR) is 68.8 cm³/mol. The quantitative estimate of drug-likeness (QED) is 0.862. The van der Waals surface area contributed by atoms with E-state index in [1.54, 1.807) is 25.3 Å². The maximum absolute atomic E-state index is 9.01. The van der Waals surface area contributed by atoms with Crippen molar-refractivity contribution in [2.75, 3.05) is 26.8 Å². The van der Waals surface area contributed by atoms with Crippen LogP contribution in [0.5, 0.6) is 11.5 Å². The number of nitriles is 1. The van der Waals surface area contributed by atoms with Crippen LogP contribution in [0, 0.1) is 17.2 Å². The molecular weight excluding hydrogens is 228 g/mol. The molecule has 4 nitrogen and oxygen atoms in total. The average Bonchev–Trinajstić information content (AvgIpc) is 2.92. The van der Waals surface area contributed by atoms with Gasteiger partial charge in [0, 0.05) is 6.07 Å². The van der Waals surface area contributed by atoms with Gasteiger partial charge in [0.15, 0.2) is 0 Å². The molecule has 0 radical (unpaired) electrons. The first-order valence-corrected chi connectivity index (χ1v) is 6.25. The number of ether oxygens (including phenoxy) is 2. The fourth-order valence-electron chi connectivity index (χ4n) is 2.14. The first kappa shape index (κ1) is 12.7. The lowest BCUT2D eigenvalue weighted by molar-refractivity contribution is 0.281. The van der Waals surface area contributed by atoms with E-state index in [9.17, 15) is 0 Å². The van der Waals surface area contributed by atoms with Crippen molar-refractivity contribution in [3.05, 3.63) is 23.8 Å². The van der Waals surface area contributed by atoms with Gasteiger partial charge in [0.25, 0.3) is 0 Å². The van der Waals surface area contributed by atoms with Crippen molar-refractivity contribution < 1.29 is 9.47 Å². The lowest BCUT2D eigenvalue weighted by Crippen LogP contribution is -2.12. The van der Waals surface area contributed by atoms with E-state index >= 15 is 0 Å². The molecule has 1 aliphatic heterocycles. The Kier molecular flexibility index (Phi) is 4.43. The normalized spacial score (nSPS) is 18.3. The molecule has 1 atom stereocenters. The molecule has 1 aliphatic rings. The number of nitrogens with one attached hydrogen (secondary N) is 1. The number of hydrogen-bond acceptors (Lipinski definition) is 4. The minimum absolute atomic E-state index is 0.556. The SMILES string of the molecule is COc1ccc(C#N)c(OCCC2CCNC2)c1. The Labute approximate surface area is 108 Å².